The predicted octanol–water partition coefficient (Wildman–Crippen LogP) is 3.59. The van der Waals surface area contributed by atoms with Gasteiger partial charge in [0.15, 0.2) is 11.6 Å². The maximum Gasteiger partial charge on any atom is 0.255 e. The van der Waals surface area contributed by atoms with E-state index in [4.69, 9.17) is 23.2 Å². The van der Waals surface area contributed by atoms with E-state index in [1.807, 2.05) is 17.0 Å². The van der Waals surface area contributed by atoms with Gasteiger partial charge < -0.3 is 14.7 Å². The van der Waals surface area contributed by atoms with Crippen LogP contribution in [0.2, 0.25) is 10.0 Å². The number of piperazine rings is 1. The van der Waals surface area contributed by atoms with Gasteiger partial charge in [-0.25, -0.2) is 0 Å². The monoisotopic (exact) mass is 407 g/mol. The Kier molecular flexibility index (Phi) is 6.39. The van der Waals surface area contributed by atoms with Crippen molar-refractivity contribution in [3.63, 3.8) is 0 Å². The molecule has 0 atom stereocenters. The number of benzene rings is 1. The first kappa shape index (κ1) is 19.7. The minimum Gasteiger partial charge on any atom is -0.356 e. The molecule has 0 bridgehead atoms. The van der Waals surface area contributed by atoms with Gasteiger partial charge in [-0.15, -0.1) is 10.2 Å². The zero-order chi connectivity index (χ0) is 19.4. The summed E-state index contributed by atoms with van der Waals surface area (Å²) in [6.07, 6.45) is 0. The number of carbonyl (C=O) groups is 1. The van der Waals surface area contributed by atoms with Crippen LogP contribution < -0.4 is 9.80 Å². The van der Waals surface area contributed by atoms with Crippen molar-refractivity contribution in [2.45, 2.75) is 13.8 Å². The van der Waals surface area contributed by atoms with Crippen LogP contribution in [0.3, 0.4) is 0 Å². The van der Waals surface area contributed by atoms with Crippen LogP contribution in [-0.4, -0.2) is 60.3 Å². The van der Waals surface area contributed by atoms with E-state index in [9.17, 15) is 4.79 Å². The normalized spacial score (nSPS) is 14.4. The van der Waals surface area contributed by atoms with Crippen molar-refractivity contribution >= 4 is 40.7 Å². The molecular formula is C19H23Cl2N5O. The SMILES string of the molecule is CCN(CC)c1ccc(N2CCN(C(=O)c3ccc(Cl)cc3Cl)CC2)nn1. The average molecular weight is 408 g/mol. The third-order valence-corrected chi connectivity index (χ3v) is 5.32. The van der Waals surface area contributed by atoms with Crippen molar-refractivity contribution < 1.29 is 4.79 Å². The average Bonchev–Trinajstić information content (AvgIpc) is 2.69. The van der Waals surface area contributed by atoms with Gasteiger partial charge in [-0.3, -0.25) is 4.79 Å². The standard InChI is InChI=1S/C19H23Cl2N5O/c1-3-24(4-2)17-7-8-18(23-22-17)25-9-11-26(12-10-25)19(27)15-6-5-14(20)13-16(15)21/h5-8,13H,3-4,9-12H2,1-2H3. The zero-order valence-corrected chi connectivity index (χ0v) is 17.0. The summed E-state index contributed by atoms with van der Waals surface area (Å²) in [5, 5.41) is 9.61. The van der Waals surface area contributed by atoms with Crippen molar-refractivity contribution in [3.8, 4) is 0 Å². The summed E-state index contributed by atoms with van der Waals surface area (Å²) in [4.78, 5) is 18.8. The van der Waals surface area contributed by atoms with Gasteiger partial charge in [0.05, 0.1) is 10.6 Å². The van der Waals surface area contributed by atoms with E-state index in [0.29, 0.717) is 41.8 Å². The highest BCUT2D eigenvalue weighted by Crippen LogP contribution is 2.23. The Hall–Kier alpha value is -2.05. The molecule has 1 amide bonds. The molecule has 0 N–H and O–H groups in total. The Morgan fingerprint density at radius 2 is 1.74 bits per heavy atom. The van der Waals surface area contributed by atoms with Gasteiger partial charge in [-0.1, -0.05) is 23.2 Å². The second kappa shape index (κ2) is 8.76. The van der Waals surface area contributed by atoms with Crippen LogP contribution in [-0.2, 0) is 0 Å². The molecule has 0 saturated carbocycles. The van der Waals surface area contributed by atoms with Gasteiger partial charge in [-0.05, 0) is 44.2 Å². The van der Waals surface area contributed by atoms with E-state index in [-0.39, 0.29) is 5.91 Å². The number of nitrogens with zero attached hydrogens (tertiary/aromatic N) is 5. The third kappa shape index (κ3) is 4.45. The Morgan fingerprint density at radius 3 is 2.30 bits per heavy atom. The van der Waals surface area contributed by atoms with Crippen LogP contribution >= 0.6 is 23.2 Å². The predicted molar refractivity (Wildman–Crippen MR) is 110 cm³/mol. The summed E-state index contributed by atoms with van der Waals surface area (Å²) in [6, 6.07) is 8.95. The van der Waals surface area contributed by atoms with Crippen LogP contribution in [0.5, 0.6) is 0 Å². The molecular weight excluding hydrogens is 385 g/mol. The lowest BCUT2D eigenvalue weighted by Gasteiger charge is -2.35. The molecule has 1 aromatic carbocycles. The largest absolute Gasteiger partial charge is 0.356 e. The Balaban J connectivity index is 1.62. The summed E-state index contributed by atoms with van der Waals surface area (Å²) in [6.45, 7) is 8.63. The maximum atomic E-state index is 12.7. The third-order valence-electron chi connectivity index (χ3n) is 4.78. The first-order valence-electron chi connectivity index (χ1n) is 9.11. The van der Waals surface area contributed by atoms with Crippen LogP contribution in [0.25, 0.3) is 0 Å². The first-order valence-corrected chi connectivity index (χ1v) is 9.87. The van der Waals surface area contributed by atoms with Crippen molar-refractivity contribution in [2.24, 2.45) is 0 Å². The second-order valence-corrected chi connectivity index (χ2v) is 7.17. The van der Waals surface area contributed by atoms with E-state index >= 15 is 0 Å². The van der Waals surface area contributed by atoms with Crippen molar-refractivity contribution in [2.75, 3.05) is 49.1 Å². The van der Waals surface area contributed by atoms with Gasteiger partial charge in [0.1, 0.15) is 0 Å². The van der Waals surface area contributed by atoms with E-state index in [1.54, 1.807) is 18.2 Å². The van der Waals surface area contributed by atoms with E-state index in [0.717, 1.165) is 24.7 Å². The van der Waals surface area contributed by atoms with Gasteiger partial charge in [-0.2, -0.15) is 0 Å². The molecule has 0 radical (unpaired) electrons. The van der Waals surface area contributed by atoms with Crippen LogP contribution in [0.1, 0.15) is 24.2 Å². The first-order chi connectivity index (χ1) is 13.0. The number of amides is 1. The fourth-order valence-corrected chi connectivity index (χ4v) is 3.66. The summed E-state index contributed by atoms with van der Waals surface area (Å²) in [5.74, 6) is 1.65. The molecule has 1 fully saturated rings. The number of hydrogen-bond acceptors (Lipinski definition) is 5. The van der Waals surface area contributed by atoms with Crippen molar-refractivity contribution in [1.29, 1.82) is 0 Å². The van der Waals surface area contributed by atoms with Gasteiger partial charge in [0, 0.05) is 44.3 Å². The molecule has 8 heteroatoms. The molecule has 2 heterocycles. The minimum absolute atomic E-state index is 0.0701. The highest BCUT2D eigenvalue weighted by molar-refractivity contribution is 6.36. The fourth-order valence-electron chi connectivity index (χ4n) is 3.18. The quantitative estimate of drug-likeness (QED) is 0.757. The molecule has 1 saturated heterocycles. The highest BCUT2D eigenvalue weighted by Gasteiger charge is 2.24. The summed E-state index contributed by atoms with van der Waals surface area (Å²) in [5.41, 5.74) is 0.484. The second-order valence-electron chi connectivity index (χ2n) is 6.33. The molecule has 1 aliphatic rings. The van der Waals surface area contributed by atoms with Gasteiger partial charge >= 0.3 is 0 Å². The molecule has 1 aliphatic heterocycles. The molecule has 144 valence electrons. The molecule has 0 spiro atoms. The summed E-state index contributed by atoms with van der Waals surface area (Å²) >= 11 is 12.1. The van der Waals surface area contributed by atoms with Crippen LogP contribution in [0.15, 0.2) is 30.3 Å². The Morgan fingerprint density at radius 1 is 1.04 bits per heavy atom. The molecule has 0 unspecified atom stereocenters. The Bertz CT molecular complexity index is 787. The number of rotatable bonds is 5. The van der Waals surface area contributed by atoms with E-state index < -0.39 is 0 Å². The summed E-state index contributed by atoms with van der Waals surface area (Å²) < 4.78 is 0. The molecule has 1 aromatic heterocycles. The van der Waals surface area contributed by atoms with Crippen LogP contribution in [0, 0.1) is 0 Å². The lowest BCUT2D eigenvalue weighted by Crippen LogP contribution is -2.49. The molecule has 3 rings (SSSR count). The lowest BCUT2D eigenvalue weighted by molar-refractivity contribution is 0.0746. The van der Waals surface area contributed by atoms with E-state index in [1.165, 1.54) is 0 Å². The molecule has 0 aliphatic carbocycles. The topological polar surface area (TPSA) is 52.6 Å². The number of halogens is 2. The zero-order valence-electron chi connectivity index (χ0n) is 15.5. The Labute approximate surface area is 169 Å². The number of anilines is 2. The minimum atomic E-state index is -0.0701. The van der Waals surface area contributed by atoms with Gasteiger partial charge in [0.25, 0.3) is 5.91 Å². The van der Waals surface area contributed by atoms with Gasteiger partial charge in [0.2, 0.25) is 0 Å². The van der Waals surface area contributed by atoms with E-state index in [2.05, 4.69) is 33.8 Å². The number of carbonyl (C=O) groups excluding carboxylic acids is 1. The van der Waals surface area contributed by atoms with Crippen molar-refractivity contribution in [1.82, 2.24) is 15.1 Å². The highest BCUT2D eigenvalue weighted by atomic mass is 35.5. The lowest BCUT2D eigenvalue weighted by atomic mass is 10.1. The fraction of sp³-hybridized carbons (Fsp3) is 0.421. The number of aromatic nitrogens is 2. The molecule has 2 aromatic rings. The maximum absolute atomic E-state index is 12.7. The summed E-state index contributed by atoms with van der Waals surface area (Å²) in [7, 11) is 0. The smallest absolute Gasteiger partial charge is 0.255 e. The molecule has 27 heavy (non-hydrogen) atoms. The van der Waals surface area contributed by atoms with Crippen LogP contribution in [0.4, 0.5) is 11.6 Å². The van der Waals surface area contributed by atoms with Crippen molar-refractivity contribution in [3.05, 3.63) is 45.9 Å². The molecule has 6 nitrogen and oxygen atoms in total. The number of hydrogen-bond donors (Lipinski definition) is 0.